The summed E-state index contributed by atoms with van der Waals surface area (Å²) in [5.74, 6) is 0.157. The van der Waals surface area contributed by atoms with E-state index in [1.807, 2.05) is 19.2 Å². The molecule has 0 aliphatic carbocycles. The SMILES string of the molecule is CCOC(=O)CC(=O)CSc1nnc(-c2ccncc2)n1C. The molecule has 0 unspecified atom stereocenters. The summed E-state index contributed by atoms with van der Waals surface area (Å²) in [6, 6.07) is 3.68. The van der Waals surface area contributed by atoms with Crippen LogP contribution in [0.3, 0.4) is 0 Å². The van der Waals surface area contributed by atoms with Gasteiger partial charge in [0, 0.05) is 25.0 Å². The second kappa shape index (κ2) is 7.69. The molecular weight excluding hydrogens is 304 g/mol. The zero-order valence-electron chi connectivity index (χ0n) is 12.4. The first-order chi connectivity index (χ1) is 10.6. The smallest absolute Gasteiger partial charge is 0.313 e. The van der Waals surface area contributed by atoms with Gasteiger partial charge in [-0.1, -0.05) is 11.8 Å². The molecule has 0 saturated heterocycles. The van der Waals surface area contributed by atoms with Crippen LogP contribution in [0.5, 0.6) is 0 Å². The molecule has 0 N–H and O–H groups in total. The third-order valence-corrected chi connectivity index (χ3v) is 3.86. The number of nitrogens with zero attached hydrogens (tertiary/aromatic N) is 4. The van der Waals surface area contributed by atoms with E-state index >= 15 is 0 Å². The first-order valence-corrected chi connectivity index (χ1v) is 7.70. The Morgan fingerprint density at radius 1 is 1.27 bits per heavy atom. The summed E-state index contributed by atoms with van der Waals surface area (Å²) in [5.41, 5.74) is 0.898. The summed E-state index contributed by atoms with van der Waals surface area (Å²) in [6.45, 7) is 1.98. The average molecular weight is 320 g/mol. The van der Waals surface area contributed by atoms with Crippen molar-refractivity contribution >= 4 is 23.5 Å². The number of carbonyl (C=O) groups is 2. The predicted molar refractivity (Wildman–Crippen MR) is 81.2 cm³/mol. The molecule has 0 radical (unpaired) electrons. The van der Waals surface area contributed by atoms with Crippen molar-refractivity contribution in [1.82, 2.24) is 19.7 Å². The molecule has 22 heavy (non-hydrogen) atoms. The van der Waals surface area contributed by atoms with E-state index < -0.39 is 5.97 Å². The van der Waals surface area contributed by atoms with Gasteiger partial charge in [-0.05, 0) is 19.1 Å². The molecule has 0 amide bonds. The molecule has 0 saturated carbocycles. The molecule has 7 nitrogen and oxygen atoms in total. The maximum absolute atomic E-state index is 11.7. The molecule has 2 heterocycles. The van der Waals surface area contributed by atoms with Gasteiger partial charge >= 0.3 is 5.97 Å². The van der Waals surface area contributed by atoms with Crippen LogP contribution >= 0.6 is 11.8 Å². The Bertz CT molecular complexity index is 657. The molecule has 0 spiro atoms. The Morgan fingerprint density at radius 2 is 2.00 bits per heavy atom. The fourth-order valence-corrected chi connectivity index (χ4v) is 2.53. The second-order valence-corrected chi connectivity index (χ2v) is 5.35. The van der Waals surface area contributed by atoms with Crippen molar-refractivity contribution in [3.63, 3.8) is 0 Å². The monoisotopic (exact) mass is 320 g/mol. The Morgan fingerprint density at radius 3 is 2.68 bits per heavy atom. The lowest BCUT2D eigenvalue weighted by Crippen LogP contribution is -2.13. The van der Waals surface area contributed by atoms with E-state index in [9.17, 15) is 9.59 Å². The highest BCUT2D eigenvalue weighted by Crippen LogP contribution is 2.22. The maximum Gasteiger partial charge on any atom is 0.313 e. The summed E-state index contributed by atoms with van der Waals surface area (Å²) < 4.78 is 6.55. The Kier molecular flexibility index (Phi) is 5.65. The molecular formula is C14H16N4O3S. The van der Waals surface area contributed by atoms with Gasteiger partial charge in [-0.15, -0.1) is 10.2 Å². The van der Waals surface area contributed by atoms with Crippen molar-refractivity contribution in [2.75, 3.05) is 12.4 Å². The number of hydrogen-bond acceptors (Lipinski definition) is 7. The number of Topliss-reactive ketones (excluding diaryl/α,β-unsaturated/α-hetero) is 1. The average Bonchev–Trinajstić information content (AvgIpc) is 2.87. The van der Waals surface area contributed by atoms with Crippen LogP contribution in [0, 0.1) is 0 Å². The highest BCUT2D eigenvalue weighted by molar-refractivity contribution is 7.99. The van der Waals surface area contributed by atoms with Crippen LogP contribution in [0.2, 0.25) is 0 Å². The van der Waals surface area contributed by atoms with Gasteiger partial charge in [0.05, 0.1) is 12.4 Å². The predicted octanol–water partition coefficient (Wildman–Crippen LogP) is 1.49. The molecule has 2 aromatic heterocycles. The van der Waals surface area contributed by atoms with Crippen LogP contribution in [0.1, 0.15) is 13.3 Å². The number of aromatic nitrogens is 4. The maximum atomic E-state index is 11.7. The molecule has 0 bridgehead atoms. The normalized spacial score (nSPS) is 10.5. The number of carbonyl (C=O) groups excluding carboxylic acids is 2. The van der Waals surface area contributed by atoms with Gasteiger partial charge in [0.15, 0.2) is 16.8 Å². The van der Waals surface area contributed by atoms with Crippen LogP contribution < -0.4 is 0 Å². The van der Waals surface area contributed by atoms with E-state index in [2.05, 4.69) is 15.2 Å². The summed E-state index contributed by atoms with van der Waals surface area (Å²) in [4.78, 5) is 26.9. The van der Waals surface area contributed by atoms with Crippen molar-refractivity contribution < 1.29 is 14.3 Å². The van der Waals surface area contributed by atoms with Crippen molar-refractivity contribution in [3.8, 4) is 11.4 Å². The fraction of sp³-hybridized carbons (Fsp3) is 0.357. The minimum absolute atomic E-state index is 0.154. The minimum atomic E-state index is -0.497. The van der Waals surface area contributed by atoms with E-state index in [0.717, 1.165) is 5.56 Å². The third-order valence-electron chi connectivity index (χ3n) is 2.78. The van der Waals surface area contributed by atoms with Crippen molar-refractivity contribution in [3.05, 3.63) is 24.5 Å². The zero-order chi connectivity index (χ0) is 15.9. The van der Waals surface area contributed by atoms with E-state index in [-0.39, 0.29) is 24.6 Å². The van der Waals surface area contributed by atoms with Gasteiger partial charge in [-0.2, -0.15) is 0 Å². The molecule has 0 aliphatic heterocycles. The van der Waals surface area contributed by atoms with Gasteiger partial charge in [0.1, 0.15) is 6.42 Å². The van der Waals surface area contributed by atoms with Gasteiger partial charge in [0.2, 0.25) is 0 Å². The molecule has 2 aromatic rings. The van der Waals surface area contributed by atoms with Gasteiger partial charge in [-0.25, -0.2) is 0 Å². The lowest BCUT2D eigenvalue weighted by Gasteiger charge is -2.03. The first kappa shape index (κ1) is 16.2. The van der Waals surface area contributed by atoms with Crippen LogP contribution in [-0.4, -0.2) is 43.9 Å². The van der Waals surface area contributed by atoms with E-state index in [0.29, 0.717) is 11.0 Å². The molecule has 0 aromatic carbocycles. The van der Waals surface area contributed by atoms with Gasteiger partial charge in [0.25, 0.3) is 0 Å². The van der Waals surface area contributed by atoms with Crippen LogP contribution in [0.25, 0.3) is 11.4 Å². The van der Waals surface area contributed by atoms with Crippen molar-refractivity contribution in [1.29, 1.82) is 0 Å². The second-order valence-electron chi connectivity index (χ2n) is 4.41. The fourth-order valence-electron chi connectivity index (χ4n) is 1.76. The largest absolute Gasteiger partial charge is 0.466 e. The van der Waals surface area contributed by atoms with Crippen LogP contribution in [-0.2, 0) is 21.4 Å². The minimum Gasteiger partial charge on any atom is -0.466 e. The van der Waals surface area contributed by atoms with E-state index in [1.54, 1.807) is 23.9 Å². The zero-order valence-corrected chi connectivity index (χ0v) is 13.2. The van der Waals surface area contributed by atoms with Gasteiger partial charge in [-0.3, -0.25) is 14.6 Å². The van der Waals surface area contributed by atoms with Crippen LogP contribution in [0.15, 0.2) is 29.7 Å². The Labute approximate surface area is 132 Å². The lowest BCUT2D eigenvalue weighted by atomic mass is 10.2. The number of ether oxygens (including phenoxy) is 1. The van der Waals surface area contributed by atoms with Crippen molar-refractivity contribution in [2.24, 2.45) is 7.05 Å². The number of rotatable bonds is 7. The Hall–Kier alpha value is -2.22. The quantitative estimate of drug-likeness (QED) is 0.434. The summed E-state index contributed by atoms with van der Waals surface area (Å²) in [5, 5.41) is 8.80. The van der Waals surface area contributed by atoms with E-state index in [1.165, 1.54) is 11.8 Å². The highest BCUT2D eigenvalue weighted by Gasteiger charge is 2.15. The van der Waals surface area contributed by atoms with Gasteiger partial charge < -0.3 is 9.30 Å². The molecule has 0 atom stereocenters. The number of esters is 1. The van der Waals surface area contributed by atoms with E-state index in [4.69, 9.17) is 4.74 Å². The standard InChI is InChI=1S/C14H16N4O3S/c1-3-21-12(20)8-11(19)9-22-14-17-16-13(18(14)2)10-4-6-15-7-5-10/h4-7H,3,8-9H2,1-2H3. The summed E-state index contributed by atoms with van der Waals surface area (Å²) in [6.07, 6.45) is 3.15. The molecule has 116 valence electrons. The molecule has 0 aliphatic rings. The summed E-state index contributed by atoms with van der Waals surface area (Å²) in [7, 11) is 1.83. The molecule has 2 rings (SSSR count). The molecule has 8 heteroatoms. The topological polar surface area (TPSA) is 87.0 Å². The lowest BCUT2D eigenvalue weighted by molar-refractivity contribution is -0.145. The number of thioether (sulfide) groups is 1. The third kappa shape index (κ3) is 4.14. The highest BCUT2D eigenvalue weighted by atomic mass is 32.2. The summed E-state index contributed by atoms with van der Waals surface area (Å²) >= 11 is 1.25. The number of ketones is 1. The Balaban J connectivity index is 1.96. The van der Waals surface area contributed by atoms with Crippen LogP contribution in [0.4, 0.5) is 0 Å². The first-order valence-electron chi connectivity index (χ1n) is 6.71. The number of hydrogen-bond donors (Lipinski definition) is 0. The van der Waals surface area contributed by atoms with Crippen molar-refractivity contribution in [2.45, 2.75) is 18.5 Å². The molecule has 0 fully saturated rings. The number of pyridine rings is 1.